The minimum absolute atomic E-state index is 0.114. The van der Waals surface area contributed by atoms with Crippen molar-refractivity contribution in [3.63, 3.8) is 0 Å². The van der Waals surface area contributed by atoms with Gasteiger partial charge in [-0.3, -0.25) is 19.2 Å². The molecule has 12 heteroatoms. The van der Waals surface area contributed by atoms with Crippen molar-refractivity contribution in [2.24, 2.45) is 17.4 Å². The van der Waals surface area contributed by atoms with Crippen LogP contribution in [0.15, 0.2) is 30.5 Å². The van der Waals surface area contributed by atoms with Crippen molar-refractivity contribution in [2.45, 2.75) is 64.2 Å². The normalized spacial score (nSPS) is 15.2. The van der Waals surface area contributed by atoms with Gasteiger partial charge >= 0.3 is 5.97 Å². The number of nitrogens with two attached hydrogens (primary N) is 2. The Morgan fingerprint density at radius 1 is 0.972 bits per heavy atom. The average molecular weight is 503 g/mol. The number of para-hydroxylation sites is 1. The van der Waals surface area contributed by atoms with Gasteiger partial charge in [-0.25, -0.2) is 4.79 Å². The zero-order chi connectivity index (χ0) is 27.0. The lowest BCUT2D eigenvalue weighted by Gasteiger charge is -2.28. The first-order valence-electron chi connectivity index (χ1n) is 11.7. The van der Waals surface area contributed by atoms with E-state index in [1.54, 1.807) is 20.0 Å². The maximum absolute atomic E-state index is 13.3. The molecule has 0 saturated carbocycles. The second-order valence-electron chi connectivity index (χ2n) is 8.86. The highest BCUT2D eigenvalue weighted by Crippen LogP contribution is 2.19. The maximum atomic E-state index is 13.3. The van der Waals surface area contributed by atoms with Gasteiger partial charge in [-0.05, 0) is 24.5 Å². The molecule has 2 rings (SSSR count). The Hall–Kier alpha value is -3.93. The second-order valence-corrected chi connectivity index (χ2v) is 8.86. The summed E-state index contributed by atoms with van der Waals surface area (Å²) in [5.41, 5.74) is 12.4. The van der Waals surface area contributed by atoms with Crippen molar-refractivity contribution in [1.82, 2.24) is 20.9 Å². The predicted octanol–water partition coefficient (Wildman–Crippen LogP) is -0.482. The van der Waals surface area contributed by atoms with Crippen LogP contribution in [0.25, 0.3) is 10.9 Å². The summed E-state index contributed by atoms with van der Waals surface area (Å²) < 4.78 is 0. The number of carbonyl (C=O) groups excluding carboxylic acids is 4. The highest BCUT2D eigenvalue weighted by molar-refractivity contribution is 5.95. The van der Waals surface area contributed by atoms with Gasteiger partial charge in [0, 0.05) is 23.5 Å². The Morgan fingerprint density at radius 2 is 1.61 bits per heavy atom. The topological polar surface area (TPSA) is 210 Å². The standard InChI is InChI=1S/C24H34N6O6/c1-4-12(2)20(23(34)29-18(24(35)36)10-19(26)31)30-22(33)17(28-21(32)13(3)25)9-14-11-27-16-8-6-5-7-15(14)16/h5-8,11-13,17-18,20,27H,4,9-10,25H2,1-3H3,(H2,26,31)(H,28,32)(H,29,34)(H,30,33)(H,35,36). The molecule has 12 nitrogen and oxygen atoms in total. The summed E-state index contributed by atoms with van der Waals surface area (Å²) in [7, 11) is 0. The number of rotatable bonds is 13. The molecule has 0 radical (unpaired) electrons. The number of carboxylic acid groups (broad SMARTS) is 1. The summed E-state index contributed by atoms with van der Waals surface area (Å²) in [6.45, 7) is 5.00. The number of nitrogens with one attached hydrogen (secondary N) is 4. The van der Waals surface area contributed by atoms with Gasteiger partial charge in [-0.1, -0.05) is 38.5 Å². The lowest BCUT2D eigenvalue weighted by molar-refractivity contribution is -0.144. The molecule has 36 heavy (non-hydrogen) atoms. The van der Waals surface area contributed by atoms with E-state index < -0.39 is 66.1 Å². The Morgan fingerprint density at radius 3 is 2.19 bits per heavy atom. The Bertz CT molecular complexity index is 1110. The zero-order valence-electron chi connectivity index (χ0n) is 20.5. The van der Waals surface area contributed by atoms with Gasteiger partial charge in [0.25, 0.3) is 0 Å². The molecule has 5 atom stereocenters. The number of carbonyl (C=O) groups is 5. The minimum Gasteiger partial charge on any atom is -0.480 e. The van der Waals surface area contributed by atoms with Gasteiger partial charge in [0.2, 0.25) is 23.6 Å². The fourth-order valence-corrected chi connectivity index (χ4v) is 3.65. The molecule has 0 aliphatic rings. The second kappa shape index (κ2) is 12.7. The molecule has 4 amide bonds. The van der Waals surface area contributed by atoms with Gasteiger partial charge in [0.1, 0.15) is 18.1 Å². The van der Waals surface area contributed by atoms with Crippen molar-refractivity contribution >= 4 is 40.5 Å². The number of carboxylic acids is 1. The van der Waals surface area contributed by atoms with Crippen LogP contribution in [0.4, 0.5) is 0 Å². The monoisotopic (exact) mass is 502 g/mol. The van der Waals surface area contributed by atoms with Gasteiger partial charge in [0.05, 0.1) is 12.5 Å². The van der Waals surface area contributed by atoms with E-state index in [2.05, 4.69) is 20.9 Å². The first kappa shape index (κ1) is 28.3. The quantitative estimate of drug-likeness (QED) is 0.191. The van der Waals surface area contributed by atoms with E-state index >= 15 is 0 Å². The first-order chi connectivity index (χ1) is 16.9. The van der Waals surface area contributed by atoms with Crippen molar-refractivity contribution in [3.8, 4) is 0 Å². The molecule has 0 spiro atoms. The molecule has 1 aromatic carbocycles. The Balaban J connectivity index is 2.29. The van der Waals surface area contributed by atoms with E-state index in [0.29, 0.717) is 6.42 Å². The van der Waals surface area contributed by atoms with Crippen LogP contribution in [0.1, 0.15) is 39.2 Å². The molecule has 9 N–H and O–H groups in total. The summed E-state index contributed by atoms with van der Waals surface area (Å²) in [4.78, 5) is 64.5. The third-order valence-electron chi connectivity index (χ3n) is 5.96. The third kappa shape index (κ3) is 7.54. The first-order valence-corrected chi connectivity index (χ1v) is 11.7. The highest BCUT2D eigenvalue weighted by Gasteiger charge is 2.33. The summed E-state index contributed by atoms with van der Waals surface area (Å²) in [5.74, 6) is -4.70. The molecular weight excluding hydrogens is 468 g/mol. The number of hydrogen-bond acceptors (Lipinski definition) is 6. The van der Waals surface area contributed by atoms with E-state index in [9.17, 15) is 29.1 Å². The smallest absolute Gasteiger partial charge is 0.326 e. The van der Waals surface area contributed by atoms with Crippen molar-refractivity contribution in [3.05, 3.63) is 36.0 Å². The number of amides is 4. The molecular formula is C24H34N6O6. The Labute approximate surface area is 208 Å². The van der Waals surface area contributed by atoms with Crippen LogP contribution >= 0.6 is 0 Å². The summed E-state index contributed by atoms with van der Waals surface area (Å²) in [6, 6.07) is 2.86. The molecule has 0 aliphatic carbocycles. The lowest BCUT2D eigenvalue weighted by Crippen LogP contribution is -2.59. The maximum Gasteiger partial charge on any atom is 0.326 e. The number of aromatic nitrogens is 1. The summed E-state index contributed by atoms with van der Waals surface area (Å²) in [5, 5.41) is 17.7. The number of fused-ring (bicyclic) bond motifs is 1. The minimum atomic E-state index is -1.54. The third-order valence-corrected chi connectivity index (χ3v) is 5.96. The van der Waals surface area contributed by atoms with E-state index in [4.69, 9.17) is 11.5 Å². The van der Waals surface area contributed by atoms with Crippen molar-refractivity contribution in [1.29, 1.82) is 0 Å². The molecule has 2 aromatic rings. The number of hydrogen-bond donors (Lipinski definition) is 7. The van der Waals surface area contributed by atoms with E-state index in [-0.39, 0.29) is 6.42 Å². The highest BCUT2D eigenvalue weighted by atomic mass is 16.4. The lowest BCUT2D eigenvalue weighted by atomic mass is 9.96. The van der Waals surface area contributed by atoms with E-state index in [0.717, 1.165) is 16.5 Å². The Kier molecular flexibility index (Phi) is 9.97. The van der Waals surface area contributed by atoms with Crippen LogP contribution in [0.5, 0.6) is 0 Å². The number of primary amides is 1. The van der Waals surface area contributed by atoms with E-state index in [1.807, 2.05) is 24.3 Å². The predicted molar refractivity (Wildman–Crippen MR) is 132 cm³/mol. The molecule has 5 unspecified atom stereocenters. The molecule has 1 aromatic heterocycles. The van der Waals surface area contributed by atoms with E-state index in [1.165, 1.54) is 6.92 Å². The molecule has 0 fully saturated rings. The van der Waals surface area contributed by atoms with Gasteiger partial charge in [0.15, 0.2) is 0 Å². The van der Waals surface area contributed by atoms with Gasteiger partial charge in [-0.15, -0.1) is 0 Å². The number of benzene rings is 1. The zero-order valence-corrected chi connectivity index (χ0v) is 20.5. The molecule has 1 heterocycles. The largest absolute Gasteiger partial charge is 0.480 e. The number of aliphatic carboxylic acids is 1. The van der Waals surface area contributed by atoms with Crippen LogP contribution in [0.2, 0.25) is 0 Å². The number of H-pyrrole nitrogens is 1. The average Bonchev–Trinajstić information content (AvgIpc) is 3.23. The summed E-state index contributed by atoms with van der Waals surface area (Å²) >= 11 is 0. The molecule has 0 saturated heterocycles. The van der Waals surface area contributed by atoms with Gasteiger partial charge in [-0.2, -0.15) is 0 Å². The fraction of sp³-hybridized carbons (Fsp3) is 0.458. The van der Waals surface area contributed by atoms with Gasteiger partial charge < -0.3 is 37.5 Å². The molecule has 0 aliphatic heterocycles. The van der Waals surface area contributed by atoms with Crippen LogP contribution in [-0.4, -0.2) is 63.9 Å². The fourth-order valence-electron chi connectivity index (χ4n) is 3.65. The van der Waals surface area contributed by atoms with Crippen molar-refractivity contribution < 1.29 is 29.1 Å². The molecule has 196 valence electrons. The molecule has 0 bridgehead atoms. The number of aromatic amines is 1. The SMILES string of the molecule is CCC(C)C(NC(=O)C(Cc1c[nH]c2ccccc12)NC(=O)C(C)N)C(=O)NC(CC(N)=O)C(=O)O. The van der Waals surface area contributed by atoms with Crippen molar-refractivity contribution in [2.75, 3.05) is 0 Å². The van der Waals surface area contributed by atoms with Crippen LogP contribution in [0, 0.1) is 5.92 Å². The summed E-state index contributed by atoms with van der Waals surface area (Å²) in [6.07, 6.45) is 1.73. The van der Waals surface area contributed by atoms with Crippen LogP contribution < -0.4 is 27.4 Å². The van der Waals surface area contributed by atoms with Crippen LogP contribution in [-0.2, 0) is 30.4 Å². The van der Waals surface area contributed by atoms with Crippen LogP contribution in [0.3, 0.4) is 0 Å².